The fraction of sp³-hybridized carbons (Fsp3) is 0.250. The summed E-state index contributed by atoms with van der Waals surface area (Å²) < 4.78 is 0. The predicted octanol–water partition coefficient (Wildman–Crippen LogP) is -3.04. The second kappa shape index (κ2) is 7.87. The van der Waals surface area contributed by atoms with Crippen molar-refractivity contribution in [3.8, 4) is 6.07 Å². The summed E-state index contributed by atoms with van der Waals surface area (Å²) in [5.41, 5.74) is 1.66. The summed E-state index contributed by atoms with van der Waals surface area (Å²) in [6, 6.07) is 5.63. The van der Waals surface area contributed by atoms with Crippen molar-refractivity contribution in [2.24, 2.45) is 0 Å². The van der Waals surface area contributed by atoms with E-state index < -0.39 is 5.97 Å². The van der Waals surface area contributed by atoms with Gasteiger partial charge in [-0.25, -0.2) is 0 Å². The Bertz CT molecular complexity index is 297. The van der Waals surface area contributed by atoms with Crippen LogP contribution in [0.4, 0.5) is 0 Å². The first-order valence-electron chi connectivity index (χ1n) is 3.29. The maximum atomic E-state index is 8.89. The van der Waals surface area contributed by atoms with Gasteiger partial charge in [0.15, 0.2) is 0 Å². The normalized spacial score (nSPS) is 7.15. The number of carbonyl (C=O) groups excluding carboxylic acids is 1. The summed E-state index contributed by atoms with van der Waals surface area (Å²) in [6.45, 7) is 2.89. The second-order valence-corrected chi connectivity index (χ2v) is 2.16. The molecule has 0 bridgehead atoms. The van der Waals surface area contributed by atoms with Gasteiger partial charge in [-0.3, -0.25) is 0 Å². The first-order chi connectivity index (χ1) is 5.56. The van der Waals surface area contributed by atoms with Gasteiger partial charge < -0.3 is 14.9 Å². The van der Waals surface area contributed by atoms with E-state index in [-0.39, 0.29) is 29.6 Å². The molecule has 13 heavy (non-hydrogen) atoms. The van der Waals surface area contributed by atoms with Crippen LogP contribution in [-0.2, 0) is 4.79 Å². The molecule has 0 aliphatic heterocycles. The van der Waals surface area contributed by atoms with E-state index in [4.69, 9.17) is 15.2 Å². The number of hydrogen-bond acceptors (Lipinski definition) is 3. The summed E-state index contributed by atoms with van der Waals surface area (Å²) in [6.07, 6.45) is 0. The SMILES string of the molecule is CC(=O)[O-].Cc1ccc(C#N)[nH]1.[Na+]. The standard InChI is InChI=1S/C6H6N2.C2H4O2.Na/c1-5-2-3-6(4-7)8-5;1-2(3)4;/h2-3,8H,1H3;1H3,(H,3,4);/q;;+1/p-1. The van der Waals surface area contributed by atoms with E-state index in [2.05, 4.69) is 4.98 Å². The molecule has 0 aliphatic rings. The number of aromatic amines is 1. The quantitative estimate of drug-likeness (QED) is 0.439. The minimum absolute atomic E-state index is 0. The van der Waals surface area contributed by atoms with Crippen LogP contribution in [0.15, 0.2) is 12.1 Å². The van der Waals surface area contributed by atoms with Crippen molar-refractivity contribution in [2.75, 3.05) is 0 Å². The van der Waals surface area contributed by atoms with Crippen LogP contribution in [0.5, 0.6) is 0 Å². The maximum Gasteiger partial charge on any atom is 1.00 e. The van der Waals surface area contributed by atoms with Crippen molar-refractivity contribution in [3.05, 3.63) is 23.5 Å². The Morgan fingerprint density at radius 3 is 2.23 bits per heavy atom. The van der Waals surface area contributed by atoms with Crippen molar-refractivity contribution < 1.29 is 39.5 Å². The fourth-order valence-electron chi connectivity index (χ4n) is 0.569. The second-order valence-electron chi connectivity index (χ2n) is 2.16. The van der Waals surface area contributed by atoms with Gasteiger partial charge in [0.25, 0.3) is 0 Å². The average Bonchev–Trinajstić information content (AvgIpc) is 2.34. The van der Waals surface area contributed by atoms with Crippen LogP contribution in [0.1, 0.15) is 18.3 Å². The van der Waals surface area contributed by atoms with E-state index in [1.807, 2.05) is 19.1 Å². The van der Waals surface area contributed by atoms with Gasteiger partial charge in [-0.15, -0.1) is 0 Å². The van der Waals surface area contributed by atoms with Crippen molar-refractivity contribution >= 4 is 5.97 Å². The van der Waals surface area contributed by atoms with Crippen molar-refractivity contribution in [2.45, 2.75) is 13.8 Å². The first-order valence-corrected chi connectivity index (χ1v) is 3.29. The molecule has 1 aromatic rings. The van der Waals surface area contributed by atoms with E-state index >= 15 is 0 Å². The molecule has 4 nitrogen and oxygen atoms in total. The minimum Gasteiger partial charge on any atom is -0.550 e. The first kappa shape index (κ1) is 14.7. The van der Waals surface area contributed by atoms with Crippen LogP contribution in [0.25, 0.3) is 0 Å². The number of aliphatic carboxylic acids is 1. The van der Waals surface area contributed by atoms with Crippen LogP contribution >= 0.6 is 0 Å². The maximum absolute atomic E-state index is 8.89. The van der Waals surface area contributed by atoms with Crippen molar-refractivity contribution in [3.63, 3.8) is 0 Å². The zero-order valence-electron chi connectivity index (χ0n) is 7.92. The molecule has 1 aromatic heterocycles. The average molecular weight is 188 g/mol. The summed E-state index contributed by atoms with van der Waals surface area (Å²) in [5.74, 6) is -1.08. The predicted molar refractivity (Wildman–Crippen MR) is 40.9 cm³/mol. The molecule has 5 heteroatoms. The molecule has 0 aliphatic carbocycles. The number of H-pyrrole nitrogens is 1. The summed E-state index contributed by atoms with van der Waals surface area (Å²) in [7, 11) is 0. The van der Waals surface area contributed by atoms with E-state index in [1.165, 1.54) is 0 Å². The number of aryl methyl sites for hydroxylation is 1. The van der Waals surface area contributed by atoms with Gasteiger partial charge in [0.2, 0.25) is 0 Å². The zero-order valence-corrected chi connectivity index (χ0v) is 9.92. The van der Waals surface area contributed by atoms with Crippen molar-refractivity contribution in [1.29, 1.82) is 5.26 Å². The molecular formula is C8H9N2NaO2. The number of hydrogen-bond donors (Lipinski definition) is 1. The van der Waals surface area contributed by atoms with E-state index in [1.54, 1.807) is 6.07 Å². The molecule has 0 saturated carbocycles. The van der Waals surface area contributed by atoms with Gasteiger partial charge in [-0.05, 0) is 26.0 Å². The van der Waals surface area contributed by atoms with Crippen LogP contribution in [-0.4, -0.2) is 11.0 Å². The summed E-state index contributed by atoms with van der Waals surface area (Å²) >= 11 is 0. The van der Waals surface area contributed by atoms with Gasteiger partial charge in [0.05, 0.1) is 0 Å². The number of rotatable bonds is 0. The van der Waals surface area contributed by atoms with Gasteiger partial charge in [-0.1, -0.05) is 0 Å². The van der Waals surface area contributed by atoms with E-state index in [0.29, 0.717) is 5.69 Å². The van der Waals surface area contributed by atoms with E-state index in [0.717, 1.165) is 12.6 Å². The number of nitrogens with one attached hydrogen (secondary N) is 1. The topological polar surface area (TPSA) is 79.7 Å². The van der Waals surface area contributed by atoms with Gasteiger partial charge in [-0.2, -0.15) is 5.26 Å². The molecule has 0 unspecified atom stereocenters. The molecule has 1 N–H and O–H groups in total. The molecule has 0 spiro atoms. The Morgan fingerprint density at radius 1 is 1.62 bits per heavy atom. The molecule has 1 rings (SSSR count). The molecule has 0 fully saturated rings. The molecule has 0 amide bonds. The molecule has 64 valence electrons. The molecular weight excluding hydrogens is 179 g/mol. The number of nitriles is 1. The summed E-state index contributed by atoms with van der Waals surface area (Å²) in [5, 5.41) is 17.2. The number of carboxylic acid groups (broad SMARTS) is 1. The molecule has 0 atom stereocenters. The zero-order chi connectivity index (χ0) is 9.56. The van der Waals surface area contributed by atoms with E-state index in [9.17, 15) is 0 Å². The van der Waals surface area contributed by atoms with Gasteiger partial charge in [0, 0.05) is 11.7 Å². The fourth-order valence-corrected chi connectivity index (χ4v) is 0.569. The Labute approximate surface area is 98.9 Å². The Kier molecular flexibility index (Phi) is 8.92. The molecule has 1 heterocycles. The number of aromatic nitrogens is 1. The Morgan fingerprint density at radius 2 is 2.08 bits per heavy atom. The third-order valence-corrected chi connectivity index (χ3v) is 0.952. The smallest absolute Gasteiger partial charge is 0.550 e. The monoisotopic (exact) mass is 188 g/mol. The minimum atomic E-state index is -1.08. The van der Waals surface area contributed by atoms with Gasteiger partial charge >= 0.3 is 29.6 Å². The summed E-state index contributed by atoms with van der Waals surface area (Å²) in [4.78, 5) is 11.8. The van der Waals surface area contributed by atoms with Gasteiger partial charge in [0.1, 0.15) is 11.8 Å². The van der Waals surface area contributed by atoms with Crippen LogP contribution in [0.3, 0.4) is 0 Å². The van der Waals surface area contributed by atoms with Crippen LogP contribution < -0.4 is 34.7 Å². The molecule has 0 saturated heterocycles. The molecule has 0 aromatic carbocycles. The Hall–Kier alpha value is -0.760. The third-order valence-electron chi connectivity index (χ3n) is 0.952. The molecule has 0 radical (unpaired) electrons. The Balaban J connectivity index is 0. The van der Waals surface area contributed by atoms with Crippen LogP contribution in [0.2, 0.25) is 0 Å². The largest absolute Gasteiger partial charge is 1.00 e. The third kappa shape index (κ3) is 9.15. The number of carbonyl (C=O) groups is 1. The number of carboxylic acids is 1. The van der Waals surface area contributed by atoms with Crippen molar-refractivity contribution in [1.82, 2.24) is 4.98 Å². The van der Waals surface area contributed by atoms with Crippen LogP contribution in [0, 0.1) is 18.3 Å². The number of nitrogens with zero attached hydrogens (tertiary/aromatic N) is 1.